The summed E-state index contributed by atoms with van der Waals surface area (Å²) in [4.78, 5) is 35.2. The number of hydrogen-bond acceptors (Lipinski definition) is 4. The van der Waals surface area contributed by atoms with Crippen molar-refractivity contribution < 1.29 is 14.1 Å². The molecule has 1 aromatic heterocycles. The van der Waals surface area contributed by atoms with Crippen LogP contribution >= 0.6 is 0 Å². The highest BCUT2D eigenvalue weighted by molar-refractivity contribution is 5.64. The molecule has 0 aliphatic heterocycles. The zero-order valence-electron chi connectivity index (χ0n) is 6.14. The number of nitrogens with zero attached hydrogens (tertiary/aromatic N) is 2. The summed E-state index contributed by atoms with van der Waals surface area (Å²) < 4.78 is 12.3. The molecule has 0 aliphatic rings. The summed E-state index contributed by atoms with van der Waals surface area (Å²) in [6.07, 6.45) is -0.795. The standard InChI is InChI=1S/C5H4FN3O4/c6-8-2-1-3(10)9(5(8)12)13-4(7)11/h1-2H,(H2,7,11). The molecule has 1 amide bonds. The number of aromatic nitrogens is 2. The normalized spacial score (nSPS) is 9.62. The fraction of sp³-hybridized carbons (Fsp3) is 0. The Balaban J connectivity index is 3.35. The molecule has 0 fully saturated rings. The first-order valence-corrected chi connectivity index (χ1v) is 3.01. The second-order valence-electron chi connectivity index (χ2n) is 1.95. The van der Waals surface area contributed by atoms with E-state index in [9.17, 15) is 18.9 Å². The van der Waals surface area contributed by atoms with Crippen LogP contribution in [0.2, 0.25) is 0 Å². The van der Waals surface area contributed by atoms with Crippen molar-refractivity contribution in [3.63, 3.8) is 0 Å². The molecule has 0 saturated carbocycles. The van der Waals surface area contributed by atoms with E-state index in [1.54, 1.807) is 0 Å². The van der Waals surface area contributed by atoms with Crippen LogP contribution in [0.3, 0.4) is 0 Å². The predicted octanol–water partition coefficient (Wildman–Crippen LogP) is -1.75. The van der Waals surface area contributed by atoms with Crippen LogP contribution in [-0.4, -0.2) is 15.6 Å². The highest BCUT2D eigenvalue weighted by atomic mass is 19.2. The van der Waals surface area contributed by atoms with E-state index in [1.807, 2.05) is 0 Å². The minimum absolute atomic E-state index is 0.0949. The van der Waals surface area contributed by atoms with Crippen LogP contribution in [-0.2, 0) is 0 Å². The lowest BCUT2D eigenvalue weighted by Gasteiger charge is -2.00. The molecule has 2 N–H and O–H groups in total. The van der Waals surface area contributed by atoms with Crippen molar-refractivity contribution in [2.75, 3.05) is 0 Å². The van der Waals surface area contributed by atoms with Crippen molar-refractivity contribution in [3.05, 3.63) is 33.1 Å². The summed E-state index contributed by atoms with van der Waals surface area (Å²) in [5, 5.41) is 0. The van der Waals surface area contributed by atoms with Crippen molar-refractivity contribution in [1.82, 2.24) is 9.52 Å². The molecule has 0 aliphatic carbocycles. The lowest BCUT2D eigenvalue weighted by molar-refractivity contribution is 0.122. The van der Waals surface area contributed by atoms with E-state index in [0.29, 0.717) is 12.3 Å². The van der Waals surface area contributed by atoms with Gasteiger partial charge < -0.3 is 10.6 Å². The lowest BCUT2D eigenvalue weighted by Crippen LogP contribution is -2.44. The average molecular weight is 189 g/mol. The topological polar surface area (TPSA) is 96.3 Å². The van der Waals surface area contributed by atoms with Gasteiger partial charge in [-0.05, 0) is 0 Å². The number of carbonyl (C=O) groups excluding carboxylic acids is 1. The Hall–Kier alpha value is -2.12. The van der Waals surface area contributed by atoms with Gasteiger partial charge in [-0.15, -0.1) is 4.79 Å². The van der Waals surface area contributed by atoms with E-state index in [1.165, 1.54) is 0 Å². The van der Waals surface area contributed by atoms with Crippen molar-refractivity contribution >= 4 is 6.09 Å². The number of amides is 1. The maximum atomic E-state index is 12.4. The van der Waals surface area contributed by atoms with Gasteiger partial charge in [0.15, 0.2) is 0 Å². The van der Waals surface area contributed by atoms with Crippen LogP contribution in [0.15, 0.2) is 21.9 Å². The number of rotatable bonds is 1. The second kappa shape index (κ2) is 3.09. The third-order valence-electron chi connectivity index (χ3n) is 1.09. The Labute approximate surface area is 69.6 Å². The number of carbonyl (C=O) groups is 1. The Bertz CT molecular complexity index is 448. The molecule has 8 heteroatoms. The first kappa shape index (κ1) is 8.97. The Morgan fingerprint density at radius 2 is 2.15 bits per heavy atom. The van der Waals surface area contributed by atoms with Gasteiger partial charge in [-0.1, -0.05) is 9.21 Å². The van der Waals surface area contributed by atoms with Gasteiger partial charge in [0.05, 0.1) is 0 Å². The SMILES string of the molecule is NC(=O)On1c(=O)ccn(F)c1=O. The van der Waals surface area contributed by atoms with E-state index >= 15 is 0 Å². The predicted molar refractivity (Wildman–Crippen MR) is 37.6 cm³/mol. The van der Waals surface area contributed by atoms with Crippen molar-refractivity contribution in [1.29, 1.82) is 0 Å². The van der Waals surface area contributed by atoms with Crippen LogP contribution in [0, 0.1) is 0 Å². The monoisotopic (exact) mass is 189 g/mol. The van der Waals surface area contributed by atoms with E-state index in [2.05, 4.69) is 10.6 Å². The summed E-state index contributed by atoms with van der Waals surface area (Å²) in [5.74, 6) is 0. The molecule has 0 bridgehead atoms. The maximum absolute atomic E-state index is 12.4. The van der Waals surface area contributed by atoms with Gasteiger partial charge >= 0.3 is 11.8 Å². The van der Waals surface area contributed by atoms with Crippen LogP contribution < -0.4 is 21.8 Å². The molecule has 0 unspecified atom stereocenters. The summed E-state index contributed by atoms with van der Waals surface area (Å²) in [6.45, 7) is 0. The molecule has 0 spiro atoms. The Morgan fingerprint density at radius 3 is 2.69 bits per heavy atom. The second-order valence-corrected chi connectivity index (χ2v) is 1.95. The van der Waals surface area contributed by atoms with Gasteiger partial charge in [0, 0.05) is 12.3 Å². The number of primary amides is 1. The first-order valence-electron chi connectivity index (χ1n) is 3.01. The highest BCUT2D eigenvalue weighted by Gasteiger charge is 2.07. The molecule has 1 rings (SSSR count). The Morgan fingerprint density at radius 1 is 1.54 bits per heavy atom. The maximum Gasteiger partial charge on any atom is 0.429 e. The van der Waals surface area contributed by atoms with E-state index in [4.69, 9.17) is 0 Å². The molecule has 7 nitrogen and oxygen atoms in total. The third kappa shape index (κ3) is 1.72. The highest BCUT2D eigenvalue weighted by Crippen LogP contribution is 1.73. The molecule has 1 heterocycles. The van der Waals surface area contributed by atoms with Crippen LogP contribution in [0.5, 0.6) is 0 Å². The van der Waals surface area contributed by atoms with Crippen LogP contribution in [0.4, 0.5) is 9.28 Å². The zero-order chi connectivity index (χ0) is 10.0. The molecule has 0 atom stereocenters. The largest absolute Gasteiger partial charge is 0.429 e. The molecular weight excluding hydrogens is 185 g/mol. The number of nitrogens with two attached hydrogens (primary N) is 1. The number of halogens is 1. The van der Waals surface area contributed by atoms with E-state index < -0.39 is 22.1 Å². The molecule has 0 aromatic carbocycles. The minimum Gasteiger partial charge on any atom is -0.333 e. The molecular formula is C5H4FN3O4. The van der Waals surface area contributed by atoms with Gasteiger partial charge in [-0.3, -0.25) is 4.79 Å². The van der Waals surface area contributed by atoms with Gasteiger partial charge in [0.1, 0.15) is 0 Å². The van der Waals surface area contributed by atoms with Crippen molar-refractivity contribution in [2.24, 2.45) is 5.73 Å². The van der Waals surface area contributed by atoms with Crippen molar-refractivity contribution in [3.8, 4) is 0 Å². The first-order chi connectivity index (χ1) is 6.02. The number of hydrogen-bond donors (Lipinski definition) is 1. The summed E-state index contributed by atoms with van der Waals surface area (Å²) >= 11 is 0. The van der Waals surface area contributed by atoms with Gasteiger partial charge in [-0.25, -0.2) is 9.59 Å². The summed E-state index contributed by atoms with van der Waals surface area (Å²) in [6, 6.07) is 0.699. The van der Waals surface area contributed by atoms with Gasteiger partial charge in [-0.2, -0.15) is 0 Å². The van der Waals surface area contributed by atoms with E-state index in [0.717, 1.165) is 0 Å². The summed E-state index contributed by atoms with van der Waals surface area (Å²) in [5.41, 5.74) is 2.09. The molecule has 13 heavy (non-hydrogen) atoms. The quantitative estimate of drug-likeness (QED) is 0.566. The van der Waals surface area contributed by atoms with Crippen LogP contribution in [0.1, 0.15) is 0 Å². The van der Waals surface area contributed by atoms with Crippen LogP contribution in [0.25, 0.3) is 0 Å². The smallest absolute Gasteiger partial charge is 0.333 e. The minimum atomic E-state index is -1.44. The summed E-state index contributed by atoms with van der Waals surface area (Å²) in [7, 11) is 0. The van der Waals surface area contributed by atoms with Gasteiger partial charge in [0.2, 0.25) is 0 Å². The fourth-order valence-electron chi connectivity index (χ4n) is 0.616. The average Bonchev–Trinajstić information content (AvgIpc) is 2.05. The third-order valence-corrected chi connectivity index (χ3v) is 1.09. The molecule has 1 aromatic rings. The fourth-order valence-corrected chi connectivity index (χ4v) is 0.616. The Kier molecular flexibility index (Phi) is 2.13. The zero-order valence-corrected chi connectivity index (χ0v) is 6.14. The molecule has 0 saturated heterocycles. The van der Waals surface area contributed by atoms with Gasteiger partial charge in [0.25, 0.3) is 5.56 Å². The molecule has 70 valence electrons. The molecule has 0 radical (unpaired) electrons. The van der Waals surface area contributed by atoms with Crippen molar-refractivity contribution in [2.45, 2.75) is 0 Å². The van der Waals surface area contributed by atoms with E-state index in [-0.39, 0.29) is 4.73 Å². The lowest BCUT2D eigenvalue weighted by atomic mass is 10.7.